The fourth-order valence-electron chi connectivity index (χ4n) is 1.51. The maximum atomic E-state index is 13.0. The van der Waals surface area contributed by atoms with Crippen LogP contribution in [0.15, 0.2) is 42.5 Å². The third-order valence-electron chi connectivity index (χ3n) is 2.43. The van der Waals surface area contributed by atoms with E-state index in [4.69, 9.17) is 11.6 Å². The molecule has 82 valence electrons. The fraction of sp³-hybridized carbons (Fsp3) is 0.0769. The van der Waals surface area contributed by atoms with E-state index in [9.17, 15) is 4.39 Å². The van der Waals surface area contributed by atoms with Crippen LogP contribution in [-0.2, 0) is 0 Å². The molecule has 0 atom stereocenters. The predicted octanol–water partition coefficient (Wildman–Crippen LogP) is 4.19. The Hall–Kier alpha value is -1.54. The van der Waals surface area contributed by atoms with Gasteiger partial charge in [-0.15, -0.1) is 0 Å². The SMILES string of the molecule is CNc1ccc(-c2ccc(F)c(Cl)c2)cc1. The van der Waals surface area contributed by atoms with Crippen LogP contribution in [0, 0.1) is 5.82 Å². The summed E-state index contributed by atoms with van der Waals surface area (Å²) in [5, 5.41) is 3.19. The Labute approximate surface area is 98.9 Å². The van der Waals surface area contributed by atoms with Crippen LogP contribution in [0.1, 0.15) is 0 Å². The quantitative estimate of drug-likeness (QED) is 0.823. The van der Waals surface area contributed by atoms with Crippen molar-refractivity contribution in [1.29, 1.82) is 0 Å². The minimum absolute atomic E-state index is 0.148. The minimum Gasteiger partial charge on any atom is -0.388 e. The van der Waals surface area contributed by atoms with E-state index in [1.165, 1.54) is 6.07 Å². The van der Waals surface area contributed by atoms with Crippen molar-refractivity contribution in [1.82, 2.24) is 0 Å². The Bertz CT molecular complexity index is 494. The van der Waals surface area contributed by atoms with Crippen LogP contribution in [0.4, 0.5) is 10.1 Å². The summed E-state index contributed by atoms with van der Waals surface area (Å²) in [5.74, 6) is -0.391. The van der Waals surface area contributed by atoms with Gasteiger partial charge in [0.1, 0.15) is 5.82 Å². The van der Waals surface area contributed by atoms with Gasteiger partial charge < -0.3 is 5.32 Å². The number of benzene rings is 2. The molecule has 0 saturated carbocycles. The molecule has 0 radical (unpaired) electrons. The van der Waals surface area contributed by atoms with Gasteiger partial charge in [-0.3, -0.25) is 0 Å². The maximum Gasteiger partial charge on any atom is 0.141 e. The standard InChI is InChI=1S/C13H11ClFN/c1-16-11-5-2-9(3-6-11)10-4-7-13(15)12(14)8-10/h2-8,16H,1H3. The van der Waals surface area contributed by atoms with Gasteiger partial charge in [-0.2, -0.15) is 0 Å². The highest BCUT2D eigenvalue weighted by molar-refractivity contribution is 6.31. The summed E-state index contributed by atoms with van der Waals surface area (Å²) in [6, 6.07) is 12.6. The van der Waals surface area contributed by atoms with Crippen molar-refractivity contribution in [2.45, 2.75) is 0 Å². The minimum atomic E-state index is -0.391. The maximum absolute atomic E-state index is 13.0. The largest absolute Gasteiger partial charge is 0.388 e. The summed E-state index contributed by atoms with van der Waals surface area (Å²) in [6.07, 6.45) is 0. The normalized spacial score (nSPS) is 10.2. The summed E-state index contributed by atoms with van der Waals surface area (Å²) < 4.78 is 13.0. The van der Waals surface area contributed by atoms with E-state index in [2.05, 4.69) is 5.32 Å². The zero-order chi connectivity index (χ0) is 11.5. The molecule has 0 saturated heterocycles. The van der Waals surface area contributed by atoms with Gasteiger partial charge in [0.05, 0.1) is 5.02 Å². The highest BCUT2D eigenvalue weighted by Gasteiger charge is 2.02. The Kier molecular flexibility index (Phi) is 3.11. The van der Waals surface area contributed by atoms with Crippen molar-refractivity contribution in [3.63, 3.8) is 0 Å². The third kappa shape index (κ3) is 2.17. The van der Waals surface area contributed by atoms with Gasteiger partial charge in [0, 0.05) is 12.7 Å². The highest BCUT2D eigenvalue weighted by Crippen LogP contribution is 2.25. The van der Waals surface area contributed by atoms with Crippen molar-refractivity contribution >= 4 is 17.3 Å². The fourth-order valence-corrected chi connectivity index (χ4v) is 1.69. The van der Waals surface area contributed by atoms with Crippen LogP contribution in [0.25, 0.3) is 11.1 Å². The smallest absolute Gasteiger partial charge is 0.141 e. The first kappa shape index (κ1) is 11.0. The lowest BCUT2D eigenvalue weighted by Crippen LogP contribution is -1.87. The lowest BCUT2D eigenvalue weighted by molar-refractivity contribution is 0.628. The monoisotopic (exact) mass is 235 g/mol. The number of nitrogens with one attached hydrogen (secondary N) is 1. The first-order chi connectivity index (χ1) is 7.70. The third-order valence-corrected chi connectivity index (χ3v) is 2.72. The lowest BCUT2D eigenvalue weighted by Gasteiger charge is -2.04. The molecule has 2 aromatic carbocycles. The van der Waals surface area contributed by atoms with Crippen molar-refractivity contribution in [3.8, 4) is 11.1 Å². The van der Waals surface area contributed by atoms with Gasteiger partial charge in [-0.25, -0.2) is 4.39 Å². The summed E-state index contributed by atoms with van der Waals surface area (Å²) in [6.45, 7) is 0. The van der Waals surface area contributed by atoms with Crippen molar-refractivity contribution in [2.24, 2.45) is 0 Å². The van der Waals surface area contributed by atoms with Gasteiger partial charge in [-0.05, 0) is 35.4 Å². The molecular weight excluding hydrogens is 225 g/mol. The molecule has 0 unspecified atom stereocenters. The molecule has 0 aliphatic rings. The van der Waals surface area contributed by atoms with Crippen LogP contribution in [0.2, 0.25) is 5.02 Å². The lowest BCUT2D eigenvalue weighted by atomic mass is 10.1. The molecule has 16 heavy (non-hydrogen) atoms. The summed E-state index contributed by atoms with van der Waals surface area (Å²) in [4.78, 5) is 0. The van der Waals surface area contributed by atoms with Crippen LogP contribution in [0.3, 0.4) is 0 Å². The summed E-state index contributed by atoms with van der Waals surface area (Å²) in [5.41, 5.74) is 2.96. The van der Waals surface area contributed by atoms with Gasteiger partial charge in [-0.1, -0.05) is 29.8 Å². The van der Waals surface area contributed by atoms with Crippen LogP contribution < -0.4 is 5.32 Å². The number of hydrogen-bond acceptors (Lipinski definition) is 1. The molecule has 0 bridgehead atoms. The Balaban J connectivity index is 2.38. The average Bonchev–Trinajstić information content (AvgIpc) is 2.33. The van der Waals surface area contributed by atoms with E-state index in [1.807, 2.05) is 31.3 Å². The molecule has 0 aliphatic heterocycles. The first-order valence-electron chi connectivity index (χ1n) is 4.94. The molecule has 0 aromatic heterocycles. The summed E-state index contributed by atoms with van der Waals surface area (Å²) >= 11 is 5.73. The van der Waals surface area contributed by atoms with Crippen LogP contribution in [0.5, 0.6) is 0 Å². The molecule has 0 amide bonds. The van der Waals surface area contributed by atoms with Crippen molar-refractivity contribution < 1.29 is 4.39 Å². The van der Waals surface area contributed by atoms with Gasteiger partial charge in [0.15, 0.2) is 0 Å². The van der Waals surface area contributed by atoms with E-state index >= 15 is 0 Å². The second kappa shape index (κ2) is 4.54. The predicted molar refractivity (Wildman–Crippen MR) is 66.4 cm³/mol. The van der Waals surface area contributed by atoms with E-state index in [0.29, 0.717) is 0 Å². The highest BCUT2D eigenvalue weighted by atomic mass is 35.5. The topological polar surface area (TPSA) is 12.0 Å². The number of hydrogen-bond donors (Lipinski definition) is 1. The molecule has 1 N–H and O–H groups in total. The van der Waals surface area contributed by atoms with Crippen molar-refractivity contribution in [2.75, 3.05) is 12.4 Å². The molecule has 0 fully saturated rings. The van der Waals surface area contributed by atoms with E-state index in [0.717, 1.165) is 16.8 Å². The zero-order valence-corrected chi connectivity index (χ0v) is 9.55. The number of halogens is 2. The molecule has 1 nitrogen and oxygen atoms in total. The molecular formula is C13H11ClFN. The van der Waals surface area contributed by atoms with Gasteiger partial charge >= 0.3 is 0 Å². The molecule has 0 spiro atoms. The molecule has 0 aliphatic carbocycles. The molecule has 3 heteroatoms. The molecule has 0 heterocycles. The zero-order valence-electron chi connectivity index (χ0n) is 8.80. The van der Waals surface area contributed by atoms with Crippen molar-refractivity contribution in [3.05, 3.63) is 53.3 Å². The van der Waals surface area contributed by atoms with E-state index in [-0.39, 0.29) is 5.02 Å². The Morgan fingerprint density at radius 3 is 2.19 bits per heavy atom. The summed E-state index contributed by atoms with van der Waals surface area (Å²) in [7, 11) is 1.86. The van der Waals surface area contributed by atoms with Gasteiger partial charge in [0.2, 0.25) is 0 Å². The van der Waals surface area contributed by atoms with Crippen LogP contribution in [-0.4, -0.2) is 7.05 Å². The van der Waals surface area contributed by atoms with Crippen LogP contribution >= 0.6 is 11.6 Å². The molecule has 2 aromatic rings. The number of rotatable bonds is 2. The second-order valence-electron chi connectivity index (χ2n) is 3.46. The Morgan fingerprint density at radius 2 is 1.62 bits per heavy atom. The van der Waals surface area contributed by atoms with E-state index < -0.39 is 5.82 Å². The second-order valence-corrected chi connectivity index (χ2v) is 3.86. The molecule has 2 rings (SSSR count). The van der Waals surface area contributed by atoms with Gasteiger partial charge in [0.25, 0.3) is 0 Å². The Morgan fingerprint density at radius 1 is 1.00 bits per heavy atom. The van der Waals surface area contributed by atoms with E-state index in [1.54, 1.807) is 12.1 Å². The number of anilines is 1. The average molecular weight is 236 g/mol. The first-order valence-corrected chi connectivity index (χ1v) is 5.32.